The molecule has 0 fully saturated rings. The topological polar surface area (TPSA) is 76.7 Å². The molecule has 1 amide bonds. The summed E-state index contributed by atoms with van der Waals surface area (Å²) in [4.78, 5) is 23.6. The summed E-state index contributed by atoms with van der Waals surface area (Å²) in [6.07, 6.45) is 0. The molecule has 2 N–H and O–H groups in total. The number of hydrogen-bond donors (Lipinski definition) is 2. The maximum absolute atomic E-state index is 12.2. The number of nitrogens with zero attached hydrogens (tertiary/aromatic N) is 1. The molecule has 0 aromatic heterocycles. The van der Waals surface area contributed by atoms with Gasteiger partial charge in [0.25, 0.3) is 11.6 Å². The van der Waals surface area contributed by atoms with E-state index in [1.165, 1.54) is 6.07 Å². The standard InChI is InChI=1S/C18H21N3O3/c1-13-7-9-16(10-8-13)19-18(22)12-20(3)14(2)15-5-4-6-17(11-15)21(23)24/h4-11,14H,12H2,1-3H3,(H,19,22)/p+1/t14-/m1/s1. The van der Waals surface area contributed by atoms with Crippen LogP contribution in [0.15, 0.2) is 48.5 Å². The molecule has 0 heterocycles. The molecule has 0 saturated heterocycles. The molecule has 0 aliphatic rings. The number of aryl methyl sites for hydroxylation is 1. The number of nitro groups is 1. The van der Waals surface area contributed by atoms with Gasteiger partial charge in [-0.05, 0) is 26.0 Å². The first-order valence-corrected chi connectivity index (χ1v) is 7.80. The highest BCUT2D eigenvalue weighted by atomic mass is 16.6. The van der Waals surface area contributed by atoms with Crippen LogP contribution in [0.5, 0.6) is 0 Å². The number of quaternary nitrogens is 1. The summed E-state index contributed by atoms with van der Waals surface area (Å²) in [6.45, 7) is 4.22. The fraction of sp³-hybridized carbons (Fsp3) is 0.278. The molecule has 0 radical (unpaired) electrons. The molecule has 0 spiro atoms. The highest BCUT2D eigenvalue weighted by Gasteiger charge is 2.20. The minimum Gasteiger partial charge on any atom is -0.324 e. The van der Waals surface area contributed by atoms with Crippen molar-refractivity contribution in [1.82, 2.24) is 0 Å². The third-order valence-corrected chi connectivity index (χ3v) is 4.09. The van der Waals surface area contributed by atoms with Crippen molar-refractivity contribution in [2.45, 2.75) is 19.9 Å². The molecular formula is C18H22N3O3+. The summed E-state index contributed by atoms with van der Waals surface area (Å²) in [5.74, 6) is -0.0892. The zero-order valence-electron chi connectivity index (χ0n) is 14.1. The van der Waals surface area contributed by atoms with Crippen molar-refractivity contribution < 1.29 is 14.6 Å². The third-order valence-electron chi connectivity index (χ3n) is 4.09. The van der Waals surface area contributed by atoms with Gasteiger partial charge in [0.2, 0.25) is 0 Å². The van der Waals surface area contributed by atoms with Crippen LogP contribution in [0.3, 0.4) is 0 Å². The Kier molecular flexibility index (Phi) is 5.65. The molecule has 0 aliphatic heterocycles. The van der Waals surface area contributed by atoms with Crippen LogP contribution in [-0.2, 0) is 4.79 Å². The largest absolute Gasteiger partial charge is 0.324 e. The van der Waals surface area contributed by atoms with E-state index < -0.39 is 4.92 Å². The number of carbonyl (C=O) groups excluding carboxylic acids is 1. The van der Waals surface area contributed by atoms with Crippen LogP contribution in [0.2, 0.25) is 0 Å². The van der Waals surface area contributed by atoms with Crippen molar-refractivity contribution >= 4 is 17.3 Å². The van der Waals surface area contributed by atoms with E-state index >= 15 is 0 Å². The fourth-order valence-electron chi connectivity index (χ4n) is 2.44. The summed E-state index contributed by atoms with van der Waals surface area (Å²) in [5.41, 5.74) is 2.80. The van der Waals surface area contributed by atoms with E-state index in [1.807, 2.05) is 51.2 Å². The van der Waals surface area contributed by atoms with Crippen molar-refractivity contribution in [3.8, 4) is 0 Å². The van der Waals surface area contributed by atoms with Gasteiger partial charge in [0.1, 0.15) is 6.04 Å². The molecule has 2 rings (SSSR count). The number of amides is 1. The lowest BCUT2D eigenvalue weighted by molar-refractivity contribution is -0.902. The van der Waals surface area contributed by atoms with Gasteiger partial charge in [-0.25, -0.2) is 0 Å². The van der Waals surface area contributed by atoms with Crippen molar-refractivity contribution in [3.63, 3.8) is 0 Å². The van der Waals surface area contributed by atoms with Gasteiger partial charge in [0.15, 0.2) is 6.54 Å². The van der Waals surface area contributed by atoms with Crippen molar-refractivity contribution in [2.24, 2.45) is 0 Å². The highest BCUT2D eigenvalue weighted by molar-refractivity contribution is 5.91. The van der Waals surface area contributed by atoms with Crippen LogP contribution in [-0.4, -0.2) is 24.4 Å². The van der Waals surface area contributed by atoms with Gasteiger partial charge in [0, 0.05) is 23.4 Å². The van der Waals surface area contributed by atoms with Crippen LogP contribution >= 0.6 is 0 Å². The first-order valence-electron chi connectivity index (χ1n) is 7.80. The van der Waals surface area contributed by atoms with Gasteiger partial charge in [0.05, 0.1) is 12.0 Å². The van der Waals surface area contributed by atoms with Crippen molar-refractivity contribution in [1.29, 1.82) is 0 Å². The second-order valence-electron chi connectivity index (χ2n) is 6.01. The summed E-state index contributed by atoms with van der Waals surface area (Å²) in [7, 11) is 1.90. The van der Waals surface area contributed by atoms with E-state index in [1.54, 1.807) is 12.1 Å². The zero-order valence-corrected chi connectivity index (χ0v) is 14.1. The summed E-state index contributed by atoms with van der Waals surface area (Å²) in [6, 6.07) is 14.1. The van der Waals surface area contributed by atoms with E-state index in [4.69, 9.17) is 0 Å². The Morgan fingerprint density at radius 2 is 1.92 bits per heavy atom. The van der Waals surface area contributed by atoms with Gasteiger partial charge < -0.3 is 10.2 Å². The maximum atomic E-state index is 12.2. The van der Waals surface area contributed by atoms with Gasteiger partial charge in [-0.3, -0.25) is 14.9 Å². The second-order valence-corrected chi connectivity index (χ2v) is 6.01. The van der Waals surface area contributed by atoms with Gasteiger partial charge in [-0.2, -0.15) is 0 Å². The average molecular weight is 328 g/mol. The minimum atomic E-state index is -0.407. The first kappa shape index (κ1) is 17.6. The summed E-state index contributed by atoms with van der Waals surface area (Å²) < 4.78 is 0. The first-order chi connectivity index (χ1) is 11.4. The van der Waals surface area contributed by atoms with Crippen molar-refractivity contribution in [3.05, 3.63) is 69.8 Å². The van der Waals surface area contributed by atoms with E-state index in [2.05, 4.69) is 5.32 Å². The second kappa shape index (κ2) is 7.70. The molecule has 6 nitrogen and oxygen atoms in total. The van der Waals surface area contributed by atoms with Crippen molar-refractivity contribution in [2.75, 3.05) is 18.9 Å². The molecular weight excluding hydrogens is 306 g/mol. The lowest BCUT2D eigenvalue weighted by Gasteiger charge is -2.21. The number of hydrogen-bond acceptors (Lipinski definition) is 3. The fourth-order valence-corrected chi connectivity index (χ4v) is 2.44. The molecule has 24 heavy (non-hydrogen) atoms. The molecule has 0 aliphatic carbocycles. The predicted octanol–water partition coefficient (Wildman–Crippen LogP) is 2.12. The van der Waals surface area contributed by atoms with Gasteiger partial charge >= 0.3 is 0 Å². The van der Waals surface area contributed by atoms with Crippen LogP contribution in [0, 0.1) is 17.0 Å². The molecule has 0 saturated carbocycles. The van der Waals surface area contributed by atoms with Gasteiger partial charge in [-0.1, -0.05) is 29.8 Å². The maximum Gasteiger partial charge on any atom is 0.279 e. The average Bonchev–Trinajstić information content (AvgIpc) is 2.56. The van der Waals surface area contributed by atoms with E-state index in [0.717, 1.165) is 21.7 Å². The molecule has 2 aromatic carbocycles. The predicted molar refractivity (Wildman–Crippen MR) is 93.1 cm³/mol. The molecule has 6 heteroatoms. The SMILES string of the molecule is Cc1ccc(NC(=O)C[NH+](C)[C@H](C)c2cccc([N+](=O)[O-])c2)cc1. The minimum absolute atomic E-state index is 0.0336. The number of benzene rings is 2. The monoisotopic (exact) mass is 328 g/mol. The van der Waals surface area contributed by atoms with E-state index in [0.29, 0.717) is 0 Å². The Labute approximate surface area is 141 Å². The number of carbonyl (C=O) groups is 1. The highest BCUT2D eigenvalue weighted by Crippen LogP contribution is 2.17. The molecule has 2 aromatic rings. The number of likely N-dealkylation sites (N-methyl/N-ethyl adjacent to an activating group) is 1. The number of rotatable bonds is 6. The Hall–Kier alpha value is -2.73. The van der Waals surface area contributed by atoms with Gasteiger partial charge in [-0.15, -0.1) is 0 Å². The van der Waals surface area contributed by atoms with E-state index in [9.17, 15) is 14.9 Å². The van der Waals surface area contributed by atoms with Crippen LogP contribution in [0.4, 0.5) is 11.4 Å². The molecule has 1 unspecified atom stereocenters. The quantitative estimate of drug-likeness (QED) is 0.630. The number of anilines is 1. The number of nitrogens with one attached hydrogen (secondary N) is 2. The molecule has 2 atom stereocenters. The van der Waals surface area contributed by atoms with Crippen LogP contribution in [0.25, 0.3) is 0 Å². The Morgan fingerprint density at radius 1 is 1.25 bits per heavy atom. The molecule has 126 valence electrons. The Bertz CT molecular complexity index is 729. The number of non-ortho nitro benzene ring substituents is 1. The van der Waals surface area contributed by atoms with Crippen LogP contribution in [0.1, 0.15) is 24.1 Å². The Morgan fingerprint density at radius 3 is 2.54 bits per heavy atom. The van der Waals surface area contributed by atoms with E-state index in [-0.39, 0.29) is 24.2 Å². The lowest BCUT2D eigenvalue weighted by atomic mass is 10.1. The summed E-state index contributed by atoms with van der Waals surface area (Å²) in [5, 5.41) is 13.8. The Balaban J connectivity index is 1.99. The molecule has 0 bridgehead atoms. The zero-order chi connectivity index (χ0) is 17.7. The number of nitro benzene ring substituents is 1. The normalized spacial score (nSPS) is 13.1. The summed E-state index contributed by atoms with van der Waals surface area (Å²) >= 11 is 0. The smallest absolute Gasteiger partial charge is 0.279 e. The van der Waals surface area contributed by atoms with Crippen LogP contribution < -0.4 is 10.2 Å². The lowest BCUT2D eigenvalue weighted by Crippen LogP contribution is -3.10. The third kappa shape index (κ3) is 4.63.